The van der Waals surface area contributed by atoms with E-state index in [1.54, 1.807) is 47.4 Å². The van der Waals surface area contributed by atoms with Crippen LogP contribution in [0.4, 0.5) is 16.2 Å². The molecule has 6 nitrogen and oxygen atoms in total. The van der Waals surface area contributed by atoms with Gasteiger partial charge in [0.15, 0.2) is 0 Å². The van der Waals surface area contributed by atoms with Gasteiger partial charge >= 0.3 is 6.03 Å². The molecule has 1 atom stereocenters. The lowest BCUT2D eigenvalue weighted by molar-refractivity contribution is -0.133. The molecule has 0 saturated heterocycles. The normalized spacial score (nSPS) is 13.4. The van der Waals surface area contributed by atoms with Gasteiger partial charge in [0.05, 0.1) is 16.8 Å². The first-order valence-corrected chi connectivity index (χ1v) is 11.8. The number of amides is 3. The minimum absolute atomic E-state index is 0.174. The van der Waals surface area contributed by atoms with E-state index in [4.69, 9.17) is 52.1 Å². The van der Waals surface area contributed by atoms with Crippen LogP contribution in [0.1, 0.15) is 16.7 Å². The molecular weight excluding hydrogens is 518 g/mol. The van der Waals surface area contributed by atoms with Crippen LogP contribution in [-0.4, -0.2) is 22.9 Å². The van der Waals surface area contributed by atoms with Crippen LogP contribution in [0.25, 0.3) is 0 Å². The smallest absolute Gasteiger partial charge is 0.323 e. The minimum Gasteiger partial charge on any atom is -0.333 e. The van der Waals surface area contributed by atoms with Gasteiger partial charge in [-0.15, -0.1) is 0 Å². The highest BCUT2D eigenvalue weighted by Gasteiger charge is 2.28. The summed E-state index contributed by atoms with van der Waals surface area (Å²) in [5, 5.41) is 7.28. The van der Waals surface area contributed by atoms with Crippen molar-refractivity contribution in [3.8, 4) is 0 Å². The van der Waals surface area contributed by atoms with Crippen LogP contribution < -0.4 is 16.4 Å². The predicted octanol–water partition coefficient (Wildman–Crippen LogP) is 6.36. The Morgan fingerprint density at radius 1 is 0.853 bits per heavy atom. The molecule has 0 spiro atoms. The first-order valence-electron chi connectivity index (χ1n) is 10.3. The van der Waals surface area contributed by atoms with Crippen molar-refractivity contribution < 1.29 is 9.59 Å². The van der Waals surface area contributed by atoms with Gasteiger partial charge in [-0.05, 0) is 65.6 Å². The highest BCUT2D eigenvalue weighted by molar-refractivity contribution is 6.37. The molecule has 4 rings (SSSR count). The third kappa shape index (κ3) is 5.77. The monoisotopic (exact) mass is 536 g/mol. The maximum Gasteiger partial charge on any atom is 0.323 e. The minimum atomic E-state index is -0.736. The second kappa shape index (κ2) is 10.4. The Hall–Kier alpha value is -2.48. The Morgan fingerprint density at radius 2 is 1.53 bits per heavy atom. The molecule has 0 fully saturated rings. The summed E-state index contributed by atoms with van der Waals surface area (Å²) in [5.41, 5.74) is 9.93. The number of urea groups is 1. The van der Waals surface area contributed by atoms with E-state index in [1.807, 2.05) is 12.1 Å². The van der Waals surface area contributed by atoms with Crippen LogP contribution in [0.5, 0.6) is 0 Å². The lowest BCUT2D eigenvalue weighted by Gasteiger charge is -2.20. The Morgan fingerprint density at radius 3 is 2.24 bits per heavy atom. The first-order chi connectivity index (χ1) is 16.2. The second-order valence-corrected chi connectivity index (χ2v) is 9.61. The van der Waals surface area contributed by atoms with Crippen molar-refractivity contribution in [2.75, 3.05) is 10.6 Å². The molecule has 1 unspecified atom stereocenters. The van der Waals surface area contributed by atoms with Gasteiger partial charge < -0.3 is 21.3 Å². The van der Waals surface area contributed by atoms with Crippen molar-refractivity contribution in [3.63, 3.8) is 0 Å². The number of nitrogens with zero attached hydrogens (tertiary/aromatic N) is 1. The van der Waals surface area contributed by atoms with Gasteiger partial charge in [-0.25, -0.2) is 4.79 Å². The first kappa shape index (κ1) is 24.6. The largest absolute Gasteiger partial charge is 0.333 e. The van der Waals surface area contributed by atoms with Crippen molar-refractivity contribution >= 4 is 69.7 Å². The van der Waals surface area contributed by atoms with E-state index in [0.717, 1.165) is 16.7 Å². The van der Waals surface area contributed by atoms with E-state index in [-0.39, 0.29) is 5.91 Å². The summed E-state index contributed by atoms with van der Waals surface area (Å²) in [6, 6.07) is 14.3. The molecule has 4 N–H and O–H groups in total. The summed E-state index contributed by atoms with van der Waals surface area (Å²) in [6.45, 7) is 0.847. The maximum atomic E-state index is 12.9. The van der Waals surface area contributed by atoms with E-state index in [2.05, 4.69) is 10.6 Å². The number of rotatable bonds is 5. The van der Waals surface area contributed by atoms with Gasteiger partial charge in [-0.1, -0.05) is 58.5 Å². The Balaban J connectivity index is 1.37. The quantitative estimate of drug-likeness (QED) is 0.354. The molecule has 0 saturated carbocycles. The van der Waals surface area contributed by atoms with Gasteiger partial charge in [0.1, 0.15) is 0 Å². The average Bonchev–Trinajstić information content (AvgIpc) is 3.20. The van der Waals surface area contributed by atoms with Crippen LogP contribution in [0.2, 0.25) is 20.1 Å². The van der Waals surface area contributed by atoms with E-state index in [9.17, 15) is 9.59 Å². The zero-order valence-corrected chi connectivity index (χ0v) is 20.8. The van der Waals surface area contributed by atoms with E-state index < -0.39 is 12.1 Å². The molecule has 0 aromatic heterocycles. The number of nitrogens with one attached hydrogen (secondary N) is 2. The van der Waals surface area contributed by atoms with Gasteiger partial charge in [0.25, 0.3) is 0 Å². The van der Waals surface area contributed by atoms with Crippen molar-refractivity contribution in [3.05, 3.63) is 91.4 Å². The maximum absolute atomic E-state index is 12.9. The fraction of sp³-hybridized carbons (Fsp3) is 0.167. The molecule has 10 heteroatoms. The van der Waals surface area contributed by atoms with E-state index in [0.29, 0.717) is 51.0 Å². The van der Waals surface area contributed by atoms with E-state index in [1.165, 1.54) is 0 Å². The van der Waals surface area contributed by atoms with Gasteiger partial charge in [0.2, 0.25) is 5.91 Å². The highest BCUT2D eigenvalue weighted by Crippen LogP contribution is 2.28. The summed E-state index contributed by atoms with van der Waals surface area (Å²) in [6.07, 6.45) is 0.307. The number of anilines is 2. The standard InChI is InChI=1S/C24H20Cl4N4O2/c25-16-3-1-13(19(27)9-16)8-21(29)23(33)32-11-14-2-5-18(7-15(14)12-32)30-24(34)31-22-6-4-17(26)10-20(22)28/h1-7,9-10,21H,8,11-12,29H2,(H2,30,31,34). The highest BCUT2D eigenvalue weighted by atomic mass is 35.5. The third-order valence-electron chi connectivity index (χ3n) is 5.45. The molecule has 3 amide bonds. The zero-order chi connectivity index (χ0) is 24.4. The van der Waals surface area contributed by atoms with Crippen molar-refractivity contribution in [2.24, 2.45) is 5.73 Å². The molecule has 1 aliphatic rings. The van der Waals surface area contributed by atoms with Gasteiger partial charge in [-0.2, -0.15) is 0 Å². The number of carbonyl (C=O) groups is 2. The summed E-state index contributed by atoms with van der Waals surface area (Å²) in [5.74, 6) is -0.174. The third-order valence-corrected chi connectivity index (χ3v) is 6.58. The Bertz CT molecular complexity index is 1270. The lowest BCUT2D eigenvalue weighted by Crippen LogP contribution is -2.42. The number of benzene rings is 3. The van der Waals surface area contributed by atoms with Gasteiger partial charge in [-0.3, -0.25) is 4.79 Å². The number of carbonyl (C=O) groups excluding carboxylic acids is 2. The van der Waals surface area contributed by atoms with Crippen LogP contribution in [0.15, 0.2) is 54.6 Å². The summed E-state index contributed by atoms with van der Waals surface area (Å²) < 4.78 is 0. The Kier molecular flexibility index (Phi) is 7.55. The molecule has 0 aliphatic carbocycles. The topological polar surface area (TPSA) is 87.5 Å². The van der Waals surface area contributed by atoms with Crippen molar-refractivity contribution in [1.29, 1.82) is 0 Å². The van der Waals surface area contributed by atoms with Crippen LogP contribution in [0.3, 0.4) is 0 Å². The molecular formula is C24H20Cl4N4O2. The molecule has 1 aliphatic heterocycles. The predicted molar refractivity (Wildman–Crippen MR) is 138 cm³/mol. The molecule has 3 aromatic rings. The van der Waals surface area contributed by atoms with E-state index >= 15 is 0 Å². The number of nitrogens with two attached hydrogens (primary N) is 1. The number of hydrogen-bond donors (Lipinski definition) is 3. The van der Waals surface area contributed by atoms with Crippen molar-refractivity contribution in [1.82, 2.24) is 4.90 Å². The lowest BCUT2D eigenvalue weighted by atomic mass is 10.1. The SMILES string of the molecule is NC(Cc1ccc(Cl)cc1Cl)C(=O)N1Cc2ccc(NC(=O)Nc3ccc(Cl)cc3Cl)cc2C1. The zero-order valence-electron chi connectivity index (χ0n) is 17.7. The van der Waals surface area contributed by atoms with Crippen molar-refractivity contribution in [2.45, 2.75) is 25.6 Å². The molecule has 176 valence electrons. The number of hydrogen-bond acceptors (Lipinski definition) is 3. The molecule has 0 radical (unpaired) electrons. The fourth-order valence-corrected chi connectivity index (χ4v) is 4.69. The summed E-state index contributed by atoms with van der Waals surface area (Å²) in [7, 11) is 0. The summed E-state index contributed by atoms with van der Waals surface area (Å²) in [4.78, 5) is 27.0. The summed E-state index contributed by atoms with van der Waals surface area (Å²) >= 11 is 24.1. The molecule has 3 aromatic carbocycles. The fourth-order valence-electron chi connectivity index (χ4n) is 3.75. The number of fused-ring (bicyclic) bond motifs is 1. The van der Waals surface area contributed by atoms with Crippen LogP contribution >= 0.6 is 46.4 Å². The average molecular weight is 538 g/mol. The molecule has 0 bridgehead atoms. The second-order valence-electron chi connectivity index (χ2n) is 7.93. The molecule has 1 heterocycles. The van der Waals surface area contributed by atoms with Gasteiger partial charge in [0, 0.05) is 33.8 Å². The number of halogens is 4. The van der Waals surface area contributed by atoms with Crippen LogP contribution in [-0.2, 0) is 24.3 Å². The Labute approximate surface area is 216 Å². The van der Waals surface area contributed by atoms with Crippen LogP contribution in [0, 0.1) is 0 Å². The molecule has 34 heavy (non-hydrogen) atoms.